The van der Waals surface area contributed by atoms with Crippen molar-refractivity contribution < 1.29 is 28.2 Å². The minimum atomic E-state index is -4.58. The molecule has 2 aromatic carbocycles. The van der Waals surface area contributed by atoms with Crippen molar-refractivity contribution in [1.29, 1.82) is 0 Å². The van der Waals surface area contributed by atoms with E-state index in [-0.39, 0.29) is 49.2 Å². The lowest BCUT2D eigenvalue weighted by molar-refractivity contribution is -0.137. The van der Waals surface area contributed by atoms with Gasteiger partial charge in [0.15, 0.2) is 5.82 Å². The summed E-state index contributed by atoms with van der Waals surface area (Å²) in [5.74, 6) is 0.474. The van der Waals surface area contributed by atoms with Gasteiger partial charge in [-0.15, -0.1) is 16.4 Å². The third-order valence-corrected chi connectivity index (χ3v) is 9.07. The maximum absolute atomic E-state index is 14.0. The van der Waals surface area contributed by atoms with Gasteiger partial charge in [0.05, 0.1) is 27.7 Å². The number of alkyl halides is 3. The fraction of sp³-hybridized carbons (Fsp3) is 0.310. The molecule has 0 bridgehead atoms. The molecular formula is C29H27ClF3N7O4S. The average Bonchev–Trinajstić information content (AvgIpc) is 3.64. The van der Waals surface area contributed by atoms with Gasteiger partial charge in [0.2, 0.25) is 5.78 Å². The van der Waals surface area contributed by atoms with E-state index in [9.17, 15) is 33.0 Å². The Morgan fingerprint density at radius 2 is 1.87 bits per heavy atom. The number of halogens is 4. The van der Waals surface area contributed by atoms with Crippen molar-refractivity contribution in [2.75, 3.05) is 36.4 Å². The van der Waals surface area contributed by atoms with Crippen LogP contribution in [0.15, 0.2) is 53.3 Å². The molecule has 1 amide bonds. The largest absolute Gasteiger partial charge is 0.465 e. The van der Waals surface area contributed by atoms with Gasteiger partial charge < -0.3 is 29.9 Å². The van der Waals surface area contributed by atoms with Crippen LogP contribution in [0.25, 0.3) is 26.6 Å². The molecule has 236 valence electrons. The number of thiophene rings is 1. The first-order chi connectivity index (χ1) is 21.4. The highest BCUT2D eigenvalue weighted by Crippen LogP contribution is 2.35. The normalized spacial score (nSPS) is 14.8. The molecule has 4 heterocycles. The van der Waals surface area contributed by atoms with E-state index in [2.05, 4.69) is 10.4 Å². The molecule has 6 rings (SSSR count). The first kappa shape index (κ1) is 30.7. The van der Waals surface area contributed by atoms with Gasteiger partial charge in [-0.05, 0) is 42.1 Å². The van der Waals surface area contributed by atoms with Crippen LogP contribution < -0.4 is 15.8 Å². The van der Waals surface area contributed by atoms with Crippen molar-refractivity contribution in [2.45, 2.75) is 32.3 Å². The number of amides is 1. The standard InChI is InChI=1S/C29H27ClF3N7O4S/c1-2-20-24(37-9-11-38(12-10-37)28(43)44)26(42)40-27(35-25(36-40)22-13-16-5-3-4-6-21(16)45-22)39(20)15-23(41)34-19-8-7-17(14-18(19)30)29(31,32)33/h3-8,13-14,23,34,41H,2,9-12,15H2,1H3,(H,43,44). The Balaban J connectivity index is 1.43. The number of rotatable bonds is 7. The number of benzene rings is 2. The van der Waals surface area contributed by atoms with Crippen molar-refractivity contribution in [2.24, 2.45) is 0 Å². The average molecular weight is 662 g/mol. The number of piperazine rings is 1. The number of carbonyl (C=O) groups is 1. The monoisotopic (exact) mass is 661 g/mol. The molecule has 1 atom stereocenters. The van der Waals surface area contributed by atoms with Crippen LogP contribution in [0, 0.1) is 0 Å². The number of hydrogen-bond donors (Lipinski definition) is 3. The summed E-state index contributed by atoms with van der Waals surface area (Å²) in [4.78, 5) is 34.1. The van der Waals surface area contributed by atoms with Crippen molar-refractivity contribution in [3.63, 3.8) is 0 Å². The first-order valence-electron chi connectivity index (χ1n) is 14.0. The Morgan fingerprint density at radius 1 is 1.13 bits per heavy atom. The number of aliphatic hydroxyl groups is 1. The lowest BCUT2D eigenvalue weighted by Crippen LogP contribution is -2.50. The molecule has 0 aliphatic carbocycles. The number of carboxylic acid groups (broad SMARTS) is 1. The highest BCUT2D eigenvalue weighted by molar-refractivity contribution is 7.22. The third-order valence-electron chi connectivity index (χ3n) is 7.65. The predicted octanol–water partition coefficient (Wildman–Crippen LogP) is 5.24. The Hall–Kier alpha value is -4.34. The molecule has 3 N–H and O–H groups in total. The van der Waals surface area contributed by atoms with Gasteiger partial charge in [0.25, 0.3) is 5.56 Å². The molecule has 1 fully saturated rings. The van der Waals surface area contributed by atoms with Crippen molar-refractivity contribution >= 4 is 56.3 Å². The Morgan fingerprint density at radius 3 is 2.51 bits per heavy atom. The van der Waals surface area contributed by atoms with Crippen molar-refractivity contribution in [3.05, 3.63) is 75.2 Å². The van der Waals surface area contributed by atoms with E-state index in [4.69, 9.17) is 16.6 Å². The van der Waals surface area contributed by atoms with Crippen LogP contribution in [0.1, 0.15) is 18.2 Å². The minimum Gasteiger partial charge on any atom is -0.465 e. The zero-order valence-electron chi connectivity index (χ0n) is 23.8. The number of fused-ring (bicyclic) bond motifs is 2. The summed E-state index contributed by atoms with van der Waals surface area (Å²) in [5, 5.41) is 28.7. The molecular weight excluding hydrogens is 635 g/mol. The number of nitrogens with one attached hydrogen (secondary N) is 1. The zero-order valence-corrected chi connectivity index (χ0v) is 25.3. The molecule has 5 aromatic rings. The maximum atomic E-state index is 14.0. The van der Waals surface area contributed by atoms with Crippen LogP contribution in [-0.4, -0.2) is 72.8 Å². The van der Waals surface area contributed by atoms with E-state index in [0.717, 1.165) is 33.2 Å². The second kappa shape index (κ2) is 11.9. The SMILES string of the molecule is CCc1c(N2CCN(C(=O)O)CC2)c(=O)n2nc(-c3cc4ccccc4s3)nc2n1CC(O)Nc1ccc(C(F)(F)F)cc1Cl. The number of aromatic nitrogens is 4. The van der Waals surface area contributed by atoms with Crippen LogP contribution in [0.4, 0.5) is 29.3 Å². The summed E-state index contributed by atoms with van der Waals surface area (Å²) in [6, 6.07) is 12.5. The Kier molecular flexibility index (Phi) is 8.09. The van der Waals surface area contributed by atoms with Gasteiger partial charge >= 0.3 is 12.3 Å². The lowest BCUT2D eigenvalue weighted by Gasteiger charge is -2.35. The zero-order chi connectivity index (χ0) is 32.0. The molecule has 3 aromatic heterocycles. The molecule has 16 heteroatoms. The molecule has 0 saturated carbocycles. The van der Waals surface area contributed by atoms with E-state index in [0.29, 0.717) is 23.6 Å². The topological polar surface area (TPSA) is 128 Å². The molecule has 1 saturated heterocycles. The summed E-state index contributed by atoms with van der Waals surface area (Å²) < 4.78 is 43.3. The fourth-order valence-corrected chi connectivity index (χ4v) is 6.71. The number of aliphatic hydroxyl groups excluding tert-OH is 1. The van der Waals surface area contributed by atoms with Crippen LogP contribution in [0.2, 0.25) is 5.02 Å². The highest BCUT2D eigenvalue weighted by Gasteiger charge is 2.32. The van der Waals surface area contributed by atoms with Crippen LogP contribution in [0.5, 0.6) is 0 Å². The van der Waals surface area contributed by atoms with E-state index >= 15 is 0 Å². The molecule has 1 aliphatic rings. The fourth-order valence-electron chi connectivity index (χ4n) is 5.48. The van der Waals surface area contributed by atoms with E-state index in [1.54, 1.807) is 4.57 Å². The van der Waals surface area contributed by atoms with Crippen LogP contribution in [0.3, 0.4) is 0 Å². The summed E-state index contributed by atoms with van der Waals surface area (Å²) >= 11 is 7.59. The molecule has 11 nitrogen and oxygen atoms in total. The van der Waals surface area contributed by atoms with Crippen molar-refractivity contribution in [1.82, 2.24) is 24.1 Å². The summed E-state index contributed by atoms with van der Waals surface area (Å²) in [6.07, 6.45) is -6.64. The van der Waals surface area contributed by atoms with E-state index < -0.39 is 29.6 Å². The second-order valence-electron chi connectivity index (χ2n) is 10.5. The third kappa shape index (κ3) is 5.90. The van der Waals surface area contributed by atoms with Gasteiger partial charge in [0.1, 0.15) is 11.9 Å². The lowest BCUT2D eigenvalue weighted by atomic mass is 10.2. The van der Waals surface area contributed by atoms with Gasteiger partial charge in [0, 0.05) is 36.6 Å². The van der Waals surface area contributed by atoms with Crippen molar-refractivity contribution in [3.8, 4) is 10.7 Å². The molecule has 0 radical (unpaired) electrons. The molecule has 1 aliphatic heterocycles. The summed E-state index contributed by atoms with van der Waals surface area (Å²) in [6.45, 7) is 2.58. The summed E-state index contributed by atoms with van der Waals surface area (Å²) in [7, 11) is 0. The van der Waals surface area contributed by atoms with E-state index in [1.165, 1.54) is 20.8 Å². The first-order valence-corrected chi connectivity index (χ1v) is 15.2. The molecule has 45 heavy (non-hydrogen) atoms. The van der Waals surface area contributed by atoms with Gasteiger partial charge in [-0.2, -0.15) is 22.7 Å². The van der Waals surface area contributed by atoms with Crippen LogP contribution >= 0.6 is 22.9 Å². The second-order valence-corrected chi connectivity index (χ2v) is 12.0. The number of nitrogens with zero attached hydrogens (tertiary/aromatic N) is 6. The van der Waals surface area contributed by atoms with Gasteiger partial charge in [-0.1, -0.05) is 36.7 Å². The predicted molar refractivity (Wildman–Crippen MR) is 165 cm³/mol. The van der Waals surface area contributed by atoms with Gasteiger partial charge in [-0.3, -0.25) is 4.79 Å². The summed E-state index contributed by atoms with van der Waals surface area (Å²) in [5.41, 5.74) is -0.430. The van der Waals surface area contributed by atoms with E-state index in [1.807, 2.05) is 42.2 Å². The number of hydrogen-bond acceptors (Lipinski definition) is 8. The minimum absolute atomic E-state index is 0.0877. The molecule has 0 spiro atoms. The van der Waals surface area contributed by atoms with Gasteiger partial charge in [-0.25, -0.2) is 4.79 Å². The smallest absolute Gasteiger partial charge is 0.416 e. The highest BCUT2D eigenvalue weighted by atomic mass is 35.5. The molecule has 1 unspecified atom stereocenters. The number of anilines is 2. The maximum Gasteiger partial charge on any atom is 0.416 e. The Bertz CT molecular complexity index is 1930. The van der Waals surface area contributed by atoms with Crippen LogP contribution in [-0.2, 0) is 19.1 Å². The Labute approximate surface area is 262 Å². The quantitative estimate of drug-likeness (QED) is 0.202.